The molecule has 1 aromatic heterocycles. The Bertz CT molecular complexity index is 578. The topological polar surface area (TPSA) is 77.2 Å². The van der Waals surface area contributed by atoms with Gasteiger partial charge >= 0.3 is 0 Å². The van der Waals surface area contributed by atoms with Gasteiger partial charge in [0.25, 0.3) is 0 Å². The van der Waals surface area contributed by atoms with E-state index in [2.05, 4.69) is 15.5 Å². The van der Waals surface area contributed by atoms with Gasteiger partial charge < -0.3 is 14.6 Å². The number of carbonyl (C=O) groups is 1. The molecule has 20 heavy (non-hydrogen) atoms. The van der Waals surface area contributed by atoms with Crippen molar-refractivity contribution in [1.29, 1.82) is 0 Å². The maximum atomic E-state index is 11.9. The summed E-state index contributed by atoms with van der Waals surface area (Å²) in [7, 11) is 1.61. The molecule has 0 saturated heterocycles. The maximum Gasteiger partial charge on any atom is 0.248 e. The van der Waals surface area contributed by atoms with Crippen LogP contribution in [0.1, 0.15) is 30.2 Å². The lowest BCUT2D eigenvalue weighted by Gasteiger charge is -2.09. The van der Waals surface area contributed by atoms with Gasteiger partial charge in [-0.15, -0.1) is 0 Å². The molecule has 1 heterocycles. The highest BCUT2D eigenvalue weighted by Crippen LogP contribution is 2.13. The van der Waals surface area contributed by atoms with Crippen molar-refractivity contribution < 1.29 is 14.1 Å². The molecule has 0 aliphatic carbocycles. The van der Waals surface area contributed by atoms with Crippen LogP contribution in [0.25, 0.3) is 0 Å². The third-order valence-electron chi connectivity index (χ3n) is 2.81. The lowest BCUT2D eigenvalue weighted by molar-refractivity contribution is -0.121. The first-order valence-electron chi connectivity index (χ1n) is 6.31. The Morgan fingerprint density at radius 1 is 1.40 bits per heavy atom. The summed E-state index contributed by atoms with van der Waals surface area (Å²) in [6.07, 6.45) is 0.293. The molecule has 2 rings (SSSR count). The highest BCUT2D eigenvalue weighted by Gasteiger charge is 2.15. The van der Waals surface area contributed by atoms with Gasteiger partial charge in [-0.1, -0.05) is 17.3 Å². The van der Waals surface area contributed by atoms with Crippen molar-refractivity contribution in [2.45, 2.75) is 26.3 Å². The van der Waals surface area contributed by atoms with Gasteiger partial charge in [-0.25, -0.2) is 0 Å². The van der Waals surface area contributed by atoms with Crippen molar-refractivity contribution in [2.24, 2.45) is 0 Å². The van der Waals surface area contributed by atoms with Gasteiger partial charge in [0.05, 0.1) is 13.5 Å². The van der Waals surface area contributed by atoms with E-state index in [1.807, 2.05) is 24.3 Å². The zero-order valence-corrected chi connectivity index (χ0v) is 11.7. The standard InChI is InChI=1S/C14H17N3O3/c1-9(14-16-10(2)17-20-14)15-13(18)8-11-4-6-12(19-3)7-5-11/h4-7,9H,8H2,1-3H3,(H,15,18)/t9-/m0/s1. The molecule has 0 unspecified atom stereocenters. The fourth-order valence-electron chi connectivity index (χ4n) is 1.77. The number of nitrogens with one attached hydrogen (secondary N) is 1. The van der Waals surface area contributed by atoms with E-state index in [4.69, 9.17) is 9.26 Å². The van der Waals surface area contributed by atoms with Crippen LogP contribution in [0.5, 0.6) is 5.75 Å². The zero-order chi connectivity index (χ0) is 14.5. The van der Waals surface area contributed by atoms with Gasteiger partial charge in [0.2, 0.25) is 11.8 Å². The van der Waals surface area contributed by atoms with Crippen LogP contribution in [0.2, 0.25) is 0 Å². The molecule has 1 N–H and O–H groups in total. The monoisotopic (exact) mass is 275 g/mol. The normalized spacial score (nSPS) is 11.9. The fourth-order valence-corrected chi connectivity index (χ4v) is 1.77. The van der Waals surface area contributed by atoms with E-state index in [1.165, 1.54) is 0 Å². The van der Waals surface area contributed by atoms with Crippen LogP contribution in [0, 0.1) is 6.92 Å². The van der Waals surface area contributed by atoms with E-state index in [0.29, 0.717) is 18.1 Å². The van der Waals surface area contributed by atoms with E-state index in [9.17, 15) is 4.79 Å². The van der Waals surface area contributed by atoms with Crippen molar-refractivity contribution in [3.8, 4) is 5.75 Å². The largest absolute Gasteiger partial charge is 0.497 e. The smallest absolute Gasteiger partial charge is 0.248 e. The average molecular weight is 275 g/mol. The van der Waals surface area contributed by atoms with Gasteiger partial charge in [-0.05, 0) is 31.5 Å². The molecule has 106 valence electrons. The number of carbonyl (C=O) groups excluding carboxylic acids is 1. The van der Waals surface area contributed by atoms with Crippen LogP contribution in [-0.2, 0) is 11.2 Å². The molecule has 0 saturated carbocycles. The number of aromatic nitrogens is 2. The Morgan fingerprint density at radius 3 is 2.65 bits per heavy atom. The van der Waals surface area contributed by atoms with E-state index in [1.54, 1.807) is 21.0 Å². The van der Waals surface area contributed by atoms with Crippen molar-refractivity contribution in [1.82, 2.24) is 15.5 Å². The fraction of sp³-hybridized carbons (Fsp3) is 0.357. The number of aryl methyl sites for hydroxylation is 1. The van der Waals surface area contributed by atoms with Crippen LogP contribution in [0.4, 0.5) is 0 Å². The average Bonchev–Trinajstić information content (AvgIpc) is 2.86. The van der Waals surface area contributed by atoms with Crippen molar-refractivity contribution in [2.75, 3.05) is 7.11 Å². The van der Waals surface area contributed by atoms with Gasteiger partial charge in [0, 0.05) is 0 Å². The summed E-state index contributed by atoms with van der Waals surface area (Å²) in [5.41, 5.74) is 0.914. The highest BCUT2D eigenvalue weighted by molar-refractivity contribution is 5.78. The van der Waals surface area contributed by atoms with Crippen molar-refractivity contribution in [3.63, 3.8) is 0 Å². The molecule has 1 aromatic carbocycles. The van der Waals surface area contributed by atoms with Crippen LogP contribution < -0.4 is 10.1 Å². The number of hydrogen-bond acceptors (Lipinski definition) is 5. The van der Waals surface area contributed by atoms with Crippen LogP contribution in [-0.4, -0.2) is 23.2 Å². The second-order valence-corrected chi connectivity index (χ2v) is 4.49. The summed E-state index contributed by atoms with van der Waals surface area (Å²) >= 11 is 0. The number of hydrogen-bond donors (Lipinski definition) is 1. The van der Waals surface area contributed by atoms with E-state index in [-0.39, 0.29) is 11.9 Å². The Kier molecular flexibility index (Phi) is 4.34. The van der Waals surface area contributed by atoms with Crippen molar-refractivity contribution in [3.05, 3.63) is 41.5 Å². The number of amides is 1. The van der Waals surface area contributed by atoms with Gasteiger partial charge in [0.15, 0.2) is 5.82 Å². The molecule has 1 atom stereocenters. The molecule has 1 amide bonds. The summed E-state index contributed by atoms with van der Waals surface area (Å²) in [6, 6.07) is 7.07. The maximum absolute atomic E-state index is 11.9. The molecule has 0 aliphatic heterocycles. The van der Waals surface area contributed by atoms with Crippen LogP contribution in [0.3, 0.4) is 0 Å². The predicted molar refractivity (Wildman–Crippen MR) is 72.3 cm³/mol. The highest BCUT2D eigenvalue weighted by atomic mass is 16.5. The van der Waals surface area contributed by atoms with E-state index >= 15 is 0 Å². The minimum atomic E-state index is -0.304. The van der Waals surface area contributed by atoms with Gasteiger partial charge in [-0.3, -0.25) is 4.79 Å². The van der Waals surface area contributed by atoms with Crippen molar-refractivity contribution >= 4 is 5.91 Å². The minimum Gasteiger partial charge on any atom is -0.497 e. The van der Waals surface area contributed by atoms with Crippen LogP contribution >= 0.6 is 0 Å². The van der Waals surface area contributed by atoms with E-state index in [0.717, 1.165) is 11.3 Å². The number of rotatable bonds is 5. The summed E-state index contributed by atoms with van der Waals surface area (Å²) < 4.78 is 10.1. The first-order valence-corrected chi connectivity index (χ1v) is 6.31. The number of nitrogens with zero attached hydrogens (tertiary/aromatic N) is 2. The predicted octanol–water partition coefficient (Wildman–Crippen LogP) is 1.81. The van der Waals surface area contributed by atoms with Gasteiger partial charge in [0.1, 0.15) is 11.8 Å². The Balaban J connectivity index is 1.91. The first-order chi connectivity index (χ1) is 9.58. The number of methoxy groups -OCH3 is 1. The van der Waals surface area contributed by atoms with E-state index < -0.39 is 0 Å². The third kappa shape index (κ3) is 3.57. The molecule has 6 nitrogen and oxygen atoms in total. The summed E-state index contributed by atoms with van der Waals surface area (Å²) in [6.45, 7) is 3.54. The summed E-state index contributed by atoms with van der Waals surface area (Å²) in [5.74, 6) is 1.63. The molecular formula is C14H17N3O3. The summed E-state index contributed by atoms with van der Waals surface area (Å²) in [5, 5.41) is 6.52. The first kappa shape index (κ1) is 14.0. The Hall–Kier alpha value is -2.37. The Labute approximate surface area is 117 Å². The Morgan fingerprint density at radius 2 is 2.10 bits per heavy atom. The van der Waals surface area contributed by atoms with Gasteiger partial charge in [-0.2, -0.15) is 4.98 Å². The molecule has 0 radical (unpaired) electrons. The second kappa shape index (κ2) is 6.18. The summed E-state index contributed by atoms with van der Waals surface area (Å²) in [4.78, 5) is 16.0. The molecule has 6 heteroatoms. The molecule has 0 spiro atoms. The lowest BCUT2D eigenvalue weighted by atomic mass is 10.1. The third-order valence-corrected chi connectivity index (χ3v) is 2.81. The lowest BCUT2D eigenvalue weighted by Crippen LogP contribution is -2.28. The minimum absolute atomic E-state index is 0.0986. The number of benzene rings is 1. The second-order valence-electron chi connectivity index (χ2n) is 4.49. The molecular weight excluding hydrogens is 258 g/mol. The quantitative estimate of drug-likeness (QED) is 0.900. The molecule has 0 bridgehead atoms. The molecule has 0 fully saturated rings. The molecule has 0 aliphatic rings. The SMILES string of the molecule is COc1ccc(CC(=O)N[C@@H](C)c2nc(C)no2)cc1. The zero-order valence-electron chi connectivity index (χ0n) is 11.7. The molecule has 2 aromatic rings. The van der Waals surface area contributed by atoms with Crippen LogP contribution in [0.15, 0.2) is 28.8 Å². The number of ether oxygens (including phenoxy) is 1.